The summed E-state index contributed by atoms with van der Waals surface area (Å²) in [5.74, 6) is -0.976. The summed E-state index contributed by atoms with van der Waals surface area (Å²) in [6.07, 6.45) is 1.42. The quantitative estimate of drug-likeness (QED) is 0.538. The number of aliphatic carboxylic acids is 1. The second-order valence-corrected chi connectivity index (χ2v) is 7.29. The fourth-order valence-electron chi connectivity index (χ4n) is 2.85. The fraction of sp³-hybridized carbons (Fsp3) is 0.200. The van der Waals surface area contributed by atoms with Gasteiger partial charge < -0.3 is 15.7 Å². The number of anilines is 1. The minimum Gasteiger partial charge on any atom is -0.479 e. The van der Waals surface area contributed by atoms with Crippen LogP contribution in [0.4, 0.5) is 5.82 Å². The lowest BCUT2D eigenvalue weighted by Gasteiger charge is -2.27. The lowest BCUT2D eigenvalue weighted by molar-refractivity contribution is -0.144. The van der Waals surface area contributed by atoms with Crippen molar-refractivity contribution in [3.63, 3.8) is 0 Å². The van der Waals surface area contributed by atoms with Crippen molar-refractivity contribution in [2.45, 2.75) is 19.4 Å². The highest BCUT2D eigenvalue weighted by molar-refractivity contribution is 9.10. The summed E-state index contributed by atoms with van der Waals surface area (Å²) in [6.45, 7) is 4.13. The number of carbonyl (C=O) groups excluding carboxylic acids is 1. The molecule has 1 amide bonds. The first kappa shape index (κ1) is 19.8. The molecule has 1 unspecified atom stereocenters. The summed E-state index contributed by atoms with van der Waals surface area (Å²) in [5, 5.41) is 16.4. The highest BCUT2D eigenvalue weighted by Crippen LogP contribution is 2.26. The van der Waals surface area contributed by atoms with Gasteiger partial charge in [-0.15, -0.1) is 0 Å². The maximum atomic E-state index is 12.8. The lowest BCUT2D eigenvalue weighted by atomic mass is 9.91. The number of amides is 1. The van der Waals surface area contributed by atoms with Crippen LogP contribution in [-0.2, 0) is 10.3 Å². The van der Waals surface area contributed by atoms with E-state index in [0.717, 1.165) is 9.86 Å². The number of carbonyl (C=O) groups is 2. The van der Waals surface area contributed by atoms with E-state index in [2.05, 4.69) is 36.5 Å². The van der Waals surface area contributed by atoms with Crippen LogP contribution in [0.2, 0.25) is 0 Å². The summed E-state index contributed by atoms with van der Waals surface area (Å²) in [4.78, 5) is 33.2. The average molecular weight is 443 g/mol. The highest BCUT2D eigenvalue weighted by Gasteiger charge is 2.37. The molecule has 1 heterocycles. The number of nitrogens with zero attached hydrogens (tertiary/aromatic N) is 2. The molecule has 3 rings (SSSR count). The van der Waals surface area contributed by atoms with Gasteiger partial charge in [0.25, 0.3) is 5.91 Å². The first-order valence-corrected chi connectivity index (χ1v) is 9.45. The van der Waals surface area contributed by atoms with Crippen LogP contribution in [0.5, 0.6) is 0 Å². The third-order valence-electron chi connectivity index (χ3n) is 4.44. The normalized spacial score (nSPS) is 13.0. The molecule has 2 aromatic carbocycles. The molecule has 3 N–H and O–H groups in total. The second kappa shape index (κ2) is 7.93. The number of halogens is 1. The Morgan fingerprint density at radius 3 is 2.64 bits per heavy atom. The number of rotatable bonds is 6. The molecule has 0 saturated heterocycles. The van der Waals surface area contributed by atoms with Crippen LogP contribution in [0.25, 0.3) is 10.9 Å². The van der Waals surface area contributed by atoms with Gasteiger partial charge in [-0.3, -0.25) is 4.79 Å². The number of benzene rings is 2. The monoisotopic (exact) mass is 442 g/mol. The molecule has 1 aromatic heterocycles. The molecule has 0 aliphatic carbocycles. The van der Waals surface area contributed by atoms with Crippen LogP contribution >= 0.6 is 15.9 Å². The van der Waals surface area contributed by atoms with Gasteiger partial charge in [0.2, 0.25) is 0 Å². The van der Waals surface area contributed by atoms with Gasteiger partial charge in [-0.05, 0) is 49.7 Å². The van der Waals surface area contributed by atoms with Crippen molar-refractivity contribution in [2.75, 3.05) is 11.9 Å². The minimum absolute atomic E-state index is 0.316. The zero-order valence-corrected chi connectivity index (χ0v) is 16.9. The van der Waals surface area contributed by atoms with Crippen LogP contribution in [0.1, 0.15) is 29.8 Å². The molecule has 0 fully saturated rings. The Hall–Kier alpha value is -3.00. The van der Waals surface area contributed by atoms with E-state index in [9.17, 15) is 14.7 Å². The van der Waals surface area contributed by atoms with E-state index in [1.54, 1.807) is 42.5 Å². The largest absolute Gasteiger partial charge is 0.479 e. The van der Waals surface area contributed by atoms with Crippen LogP contribution in [0, 0.1) is 0 Å². The number of carboxylic acids is 1. The Labute approximate surface area is 170 Å². The minimum atomic E-state index is -1.59. The summed E-state index contributed by atoms with van der Waals surface area (Å²) in [7, 11) is 0. The van der Waals surface area contributed by atoms with E-state index in [0.29, 0.717) is 29.0 Å². The molecule has 0 bridgehead atoms. The van der Waals surface area contributed by atoms with Crippen LogP contribution in [0.15, 0.2) is 53.3 Å². The topological polar surface area (TPSA) is 104 Å². The van der Waals surface area contributed by atoms with Crippen molar-refractivity contribution in [1.82, 2.24) is 15.3 Å². The lowest BCUT2D eigenvalue weighted by Crippen LogP contribution is -2.49. The molecule has 3 aromatic rings. The molecule has 0 aliphatic rings. The second-order valence-electron chi connectivity index (χ2n) is 6.38. The van der Waals surface area contributed by atoms with E-state index >= 15 is 0 Å². The van der Waals surface area contributed by atoms with Crippen LogP contribution in [-0.4, -0.2) is 33.5 Å². The number of aromatic nitrogens is 2. The Bertz CT molecular complexity index is 1060. The zero-order valence-electron chi connectivity index (χ0n) is 15.4. The smallest absolute Gasteiger partial charge is 0.333 e. The van der Waals surface area contributed by atoms with Gasteiger partial charge in [0, 0.05) is 22.0 Å². The van der Waals surface area contributed by atoms with Crippen molar-refractivity contribution >= 4 is 44.5 Å². The third-order valence-corrected chi connectivity index (χ3v) is 4.93. The van der Waals surface area contributed by atoms with Gasteiger partial charge in [-0.1, -0.05) is 28.1 Å². The van der Waals surface area contributed by atoms with Gasteiger partial charge in [0.15, 0.2) is 5.54 Å². The number of fused-ring (bicyclic) bond motifs is 1. The third kappa shape index (κ3) is 3.82. The number of hydrogen-bond acceptors (Lipinski definition) is 5. The van der Waals surface area contributed by atoms with E-state index in [4.69, 9.17) is 0 Å². The van der Waals surface area contributed by atoms with Gasteiger partial charge in [0.1, 0.15) is 12.1 Å². The van der Waals surface area contributed by atoms with Crippen LogP contribution < -0.4 is 10.6 Å². The first-order chi connectivity index (χ1) is 13.3. The van der Waals surface area contributed by atoms with Gasteiger partial charge >= 0.3 is 5.97 Å². The van der Waals surface area contributed by atoms with Gasteiger partial charge in [0.05, 0.1) is 5.52 Å². The van der Waals surface area contributed by atoms with Crippen molar-refractivity contribution < 1.29 is 14.7 Å². The van der Waals surface area contributed by atoms with E-state index in [1.165, 1.54) is 13.3 Å². The number of carboxylic acid groups (broad SMARTS) is 1. The maximum Gasteiger partial charge on any atom is 0.333 e. The number of hydrogen-bond donors (Lipinski definition) is 3. The predicted octanol–water partition coefficient (Wildman–Crippen LogP) is 3.55. The Kier molecular flexibility index (Phi) is 5.60. The summed E-state index contributed by atoms with van der Waals surface area (Å²) >= 11 is 3.34. The number of nitrogens with one attached hydrogen (secondary N) is 2. The summed E-state index contributed by atoms with van der Waals surface area (Å²) in [5.41, 5.74) is -0.217. The van der Waals surface area contributed by atoms with Crippen molar-refractivity contribution in [3.8, 4) is 0 Å². The Balaban J connectivity index is 1.95. The Morgan fingerprint density at radius 2 is 1.96 bits per heavy atom. The van der Waals surface area contributed by atoms with Crippen molar-refractivity contribution in [3.05, 3.63) is 64.4 Å². The summed E-state index contributed by atoms with van der Waals surface area (Å²) < 4.78 is 0.727. The van der Waals surface area contributed by atoms with Crippen molar-refractivity contribution in [2.24, 2.45) is 0 Å². The molecular formula is C20H19BrN4O3. The van der Waals surface area contributed by atoms with Gasteiger partial charge in [-0.25, -0.2) is 14.8 Å². The van der Waals surface area contributed by atoms with E-state index in [1.807, 2.05) is 6.92 Å². The maximum absolute atomic E-state index is 12.8. The molecule has 28 heavy (non-hydrogen) atoms. The molecule has 7 nitrogen and oxygen atoms in total. The Morgan fingerprint density at radius 1 is 1.18 bits per heavy atom. The molecule has 0 aliphatic heterocycles. The molecular weight excluding hydrogens is 424 g/mol. The van der Waals surface area contributed by atoms with E-state index in [-0.39, 0.29) is 0 Å². The molecule has 144 valence electrons. The molecule has 0 radical (unpaired) electrons. The van der Waals surface area contributed by atoms with Crippen LogP contribution in [0.3, 0.4) is 0 Å². The fourth-order valence-corrected chi connectivity index (χ4v) is 3.25. The SMILES string of the molecule is CCNc1ncnc2cc(C(=O)NC(C)(C(=O)O)c3cccc(Br)c3)ccc12. The molecule has 0 saturated carbocycles. The van der Waals surface area contributed by atoms with Crippen molar-refractivity contribution in [1.29, 1.82) is 0 Å². The first-order valence-electron chi connectivity index (χ1n) is 8.65. The van der Waals surface area contributed by atoms with Gasteiger partial charge in [-0.2, -0.15) is 0 Å². The molecule has 1 atom stereocenters. The standard InChI is InChI=1S/C20H19BrN4O3/c1-3-22-17-15-8-7-12(9-16(15)23-11-24-17)18(26)25-20(2,19(27)28)13-5-4-6-14(21)10-13/h4-11H,3H2,1-2H3,(H,25,26)(H,27,28)(H,22,23,24). The zero-order chi connectivity index (χ0) is 20.3. The highest BCUT2D eigenvalue weighted by atomic mass is 79.9. The summed E-state index contributed by atoms with van der Waals surface area (Å²) in [6, 6.07) is 11.8. The van der Waals surface area contributed by atoms with E-state index < -0.39 is 17.4 Å². The molecule has 8 heteroatoms. The molecule has 0 spiro atoms. The predicted molar refractivity (Wildman–Crippen MR) is 110 cm³/mol. The average Bonchev–Trinajstić information content (AvgIpc) is 2.67.